The van der Waals surface area contributed by atoms with Crippen LogP contribution in [0.25, 0.3) is 0 Å². The minimum atomic E-state index is -0.0113. The third-order valence-corrected chi connectivity index (χ3v) is 2.91. The van der Waals surface area contributed by atoms with Crippen LogP contribution in [0.15, 0.2) is 30.5 Å². The highest BCUT2D eigenvalue weighted by atomic mass is 16.2. The molecule has 94 valence electrons. The van der Waals surface area contributed by atoms with Gasteiger partial charge in [0.25, 0.3) is 5.91 Å². The van der Waals surface area contributed by atoms with E-state index in [1.807, 2.05) is 32.0 Å². The largest absolute Gasteiger partial charge is 0.337 e. The first-order chi connectivity index (χ1) is 8.58. The zero-order valence-corrected chi connectivity index (χ0v) is 10.9. The summed E-state index contributed by atoms with van der Waals surface area (Å²) in [6.07, 6.45) is 1.57. The van der Waals surface area contributed by atoms with Crippen LogP contribution in [-0.4, -0.2) is 28.1 Å². The van der Waals surface area contributed by atoms with E-state index in [0.717, 1.165) is 11.3 Å². The van der Waals surface area contributed by atoms with E-state index in [1.165, 1.54) is 5.56 Å². The molecular formula is C14H17N3O. The average molecular weight is 243 g/mol. The molecule has 4 nitrogen and oxygen atoms in total. The van der Waals surface area contributed by atoms with Crippen LogP contribution in [-0.2, 0) is 6.54 Å². The molecular weight excluding hydrogens is 226 g/mol. The lowest BCUT2D eigenvalue weighted by molar-refractivity contribution is 0.0784. The van der Waals surface area contributed by atoms with Crippen molar-refractivity contribution >= 4 is 5.91 Å². The number of aromatic amines is 1. The first kappa shape index (κ1) is 12.4. The maximum absolute atomic E-state index is 12.2. The van der Waals surface area contributed by atoms with Crippen molar-refractivity contribution in [1.29, 1.82) is 0 Å². The van der Waals surface area contributed by atoms with Gasteiger partial charge < -0.3 is 4.90 Å². The van der Waals surface area contributed by atoms with Crippen LogP contribution in [0, 0.1) is 13.8 Å². The molecule has 0 saturated heterocycles. The molecule has 2 aromatic rings. The predicted octanol–water partition coefficient (Wildman–Crippen LogP) is 2.30. The fourth-order valence-corrected chi connectivity index (χ4v) is 1.93. The molecule has 0 atom stereocenters. The second-order valence-corrected chi connectivity index (χ2v) is 4.56. The summed E-state index contributed by atoms with van der Waals surface area (Å²) in [6.45, 7) is 4.50. The Kier molecular flexibility index (Phi) is 3.46. The molecule has 4 heteroatoms. The van der Waals surface area contributed by atoms with Gasteiger partial charge >= 0.3 is 0 Å². The van der Waals surface area contributed by atoms with Crippen LogP contribution in [0.5, 0.6) is 0 Å². The number of amides is 1. The molecule has 0 unspecified atom stereocenters. The highest BCUT2D eigenvalue weighted by molar-refractivity contribution is 5.94. The van der Waals surface area contributed by atoms with Gasteiger partial charge in [-0.1, -0.05) is 29.8 Å². The Balaban J connectivity index is 2.11. The van der Waals surface area contributed by atoms with Crippen molar-refractivity contribution in [3.8, 4) is 0 Å². The third-order valence-electron chi connectivity index (χ3n) is 2.91. The first-order valence-electron chi connectivity index (χ1n) is 5.89. The molecule has 1 heterocycles. The standard InChI is InChI=1S/C14H17N3O/c1-10-5-4-6-12(7-10)9-17(3)14(18)13-8-15-16-11(13)2/h4-8H,9H2,1-3H3,(H,15,16). The summed E-state index contributed by atoms with van der Waals surface area (Å²) in [5.41, 5.74) is 3.76. The molecule has 0 radical (unpaired) electrons. The highest BCUT2D eigenvalue weighted by Crippen LogP contribution is 2.11. The second kappa shape index (κ2) is 5.04. The highest BCUT2D eigenvalue weighted by Gasteiger charge is 2.15. The normalized spacial score (nSPS) is 10.4. The zero-order chi connectivity index (χ0) is 13.1. The lowest BCUT2D eigenvalue weighted by atomic mass is 10.1. The number of carbonyl (C=O) groups excluding carboxylic acids is 1. The van der Waals surface area contributed by atoms with Crippen LogP contribution in [0.1, 0.15) is 27.2 Å². The van der Waals surface area contributed by atoms with Gasteiger partial charge in [0.1, 0.15) is 0 Å². The lowest BCUT2D eigenvalue weighted by Gasteiger charge is -2.17. The van der Waals surface area contributed by atoms with Gasteiger partial charge in [0.15, 0.2) is 0 Å². The van der Waals surface area contributed by atoms with Gasteiger partial charge in [0.05, 0.1) is 11.8 Å². The van der Waals surface area contributed by atoms with Crippen molar-refractivity contribution < 1.29 is 4.79 Å². The number of aromatic nitrogens is 2. The molecule has 1 amide bonds. The van der Waals surface area contributed by atoms with Gasteiger partial charge in [0, 0.05) is 19.3 Å². The number of nitrogens with one attached hydrogen (secondary N) is 1. The van der Waals surface area contributed by atoms with Gasteiger partial charge in [0.2, 0.25) is 0 Å². The number of hydrogen-bond acceptors (Lipinski definition) is 2. The Morgan fingerprint density at radius 1 is 1.39 bits per heavy atom. The molecule has 1 aromatic carbocycles. The van der Waals surface area contributed by atoms with Crippen LogP contribution >= 0.6 is 0 Å². The van der Waals surface area contributed by atoms with Gasteiger partial charge in [-0.2, -0.15) is 5.10 Å². The Morgan fingerprint density at radius 3 is 2.78 bits per heavy atom. The van der Waals surface area contributed by atoms with E-state index in [-0.39, 0.29) is 5.91 Å². The summed E-state index contributed by atoms with van der Waals surface area (Å²) in [7, 11) is 1.80. The van der Waals surface area contributed by atoms with E-state index in [1.54, 1.807) is 18.1 Å². The van der Waals surface area contributed by atoms with E-state index in [0.29, 0.717) is 12.1 Å². The van der Waals surface area contributed by atoms with Crippen LogP contribution in [0.3, 0.4) is 0 Å². The molecule has 0 fully saturated rings. The van der Waals surface area contributed by atoms with Gasteiger partial charge in [-0.15, -0.1) is 0 Å². The van der Waals surface area contributed by atoms with Crippen molar-refractivity contribution in [3.05, 3.63) is 52.8 Å². The molecule has 1 N–H and O–H groups in total. The SMILES string of the molecule is Cc1cccc(CN(C)C(=O)c2cn[nH]c2C)c1. The zero-order valence-electron chi connectivity index (χ0n) is 10.9. The summed E-state index contributed by atoms with van der Waals surface area (Å²) in [4.78, 5) is 13.9. The monoisotopic (exact) mass is 243 g/mol. The van der Waals surface area contributed by atoms with Crippen LogP contribution in [0.4, 0.5) is 0 Å². The van der Waals surface area contributed by atoms with E-state index in [9.17, 15) is 4.79 Å². The minimum absolute atomic E-state index is 0.0113. The quantitative estimate of drug-likeness (QED) is 0.899. The van der Waals surface area contributed by atoms with Crippen LogP contribution < -0.4 is 0 Å². The first-order valence-corrected chi connectivity index (χ1v) is 5.89. The Morgan fingerprint density at radius 2 is 2.17 bits per heavy atom. The summed E-state index contributed by atoms with van der Waals surface area (Å²) < 4.78 is 0. The number of aryl methyl sites for hydroxylation is 2. The smallest absolute Gasteiger partial charge is 0.257 e. The molecule has 0 aliphatic heterocycles. The number of nitrogens with zero attached hydrogens (tertiary/aromatic N) is 2. The lowest BCUT2D eigenvalue weighted by Crippen LogP contribution is -2.26. The Bertz CT molecular complexity index is 560. The van der Waals surface area contributed by atoms with Crippen molar-refractivity contribution in [2.75, 3.05) is 7.05 Å². The van der Waals surface area contributed by atoms with Gasteiger partial charge in [-0.25, -0.2) is 0 Å². The van der Waals surface area contributed by atoms with Crippen molar-refractivity contribution in [3.63, 3.8) is 0 Å². The molecule has 1 aromatic heterocycles. The molecule has 18 heavy (non-hydrogen) atoms. The maximum atomic E-state index is 12.2. The summed E-state index contributed by atoms with van der Waals surface area (Å²) in [6, 6.07) is 8.17. The molecule has 0 aliphatic rings. The summed E-state index contributed by atoms with van der Waals surface area (Å²) in [5, 5.41) is 6.65. The fourth-order valence-electron chi connectivity index (χ4n) is 1.93. The Hall–Kier alpha value is -2.10. The topological polar surface area (TPSA) is 49.0 Å². The molecule has 0 saturated carbocycles. The molecule has 2 rings (SSSR count). The van der Waals surface area contributed by atoms with E-state index in [2.05, 4.69) is 16.3 Å². The molecule has 0 bridgehead atoms. The number of rotatable bonds is 3. The predicted molar refractivity (Wildman–Crippen MR) is 70.3 cm³/mol. The Labute approximate surface area is 107 Å². The summed E-state index contributed by atoms with van der Waals surface area (Å²) in [5.74, 6) is -0.0113. The fraction of sp³-hybridized carbons (Fsp3) is 0.286. The van der Waals surface area contributed by atoms with Gasteiger partial charge in [-0.3, -0.25) is 9.89 Å². The van der Waals surface area contributed by atoms with Gasteiger partial charge in [-0.05, 0) is 19.4 Å². The third kappa shape index (κ3) is 2.59. The number of H-pyrrole nitrogens is 1. The van der Waals surface area contributed by atoms with Crippen molar-refractivity contribution in [2.24, 2.45) is 0 Å². The van der Waals surface area contributed by atoms with E-state index in [4.69, 9.17) is 0 Å². The average Bonchev–Trinajstić information content (AvgIpc) is 2.74. The van der Waals surface area contributed by atoms with Crippen molar-refractivity contribution in [1.82, 2.24) is 15.1 Å². The minimum Gasteiger partial charge on any atom is -0.337 e. The molecule has 0 spiro atoms. The maximum Gasteiger partial charge on any atom is 0.257 e. The second-order valence-electron chi connectivity index (χ2n) is 4.56. The van der Waals surface area contributed by atoms with Crippen molar-refractivity contribution in [2.45, 2.75) is 20.4 Å². The van der Waals surface area contributed by atoms with E-state index >= 15 is 0 Å². The number of carbonyl (C=O) groups is 1. The number of hydrogen-bond donors (Lipinski definition) is 1. The summed E-state index contributed by atoms with van der Waals surface area (Å²) >= 11 is 0. The molecule has 0 aliphatic carbocycles. The van der Waals surface area contributed by atoms with Crippen LogP contribution in [0.2, 0.25) is 0 Å². The number of benzene rings is 1. The van der Waals surface area contributed by atoms with E-state index < -0.39 is 0 Å².